The maximum atomic E-state index is 13.7. The fourth-order valence-corrected chi connectivity index (χ4v) is 2.52. The first-order chi connectivity index (χ1) is 13.5. The number of allylic oxidation sites excluding steroid dienone is 1. The van der Waals surface area contributed by atoms with Crippen molar-refractivity contribution in [1.29, 1.82) is 0 Å². The summed E-state index contributed by atoms with van der Waals surface area (Å²) in [4.78, 5) is 11.7. The second-order valence-corrected chi connectivity index (χ2v) is 5.84. The number of ether oxygens (including phenoxy) is 4. The van der Waals surface area contributed by atoms with Gasteiger partial charge in [0.1, 0.15) is 41.9 Å². The molecule has 2 aromatic carbocycles. The quantitative estimate of drug-likeness (QED) is 0.377. The average molecular weight is 390 g/mol. The van der Waals surface area contributed by atoms with E-state index in [-0.39, 0.29) is 17.9 Å². The normalized spacial score (nSPS) is 11.6. The van der Waals surface area contributed by atoms with Crippen LogP contribution in [0.2, 0.25) is 0 Å². The van der Waals surface area contributed by atoms with Gasteiger partial charge in [0, 0.05) is 12.7 Å². The molecule has 7 heteroatoms. The summed E-state index contributed by atoms with van der Waals surface area (Å²) in [6.07, 6.45) is 0. The highest BCUT2D eigenvalue weighted by molar-refractivity contribution is 6.16. The van der Waals surface area contributed by atoms with Gasteiger partial charge < -0.3 is 24.1 Å². The van der Waals surface area contributed by atoms with Gasteiger partial charge in [-0.3, -0.25) is 0 Å². The Balaban J connectivity index is 2.18. The molecule has 2 aromatic rings. The van der Waals surface area contributed by atoms with E-state index in [1.165, 1.54) is 25.3 Å². The fourth-order valence-electron chi connectivity index (χ4n) is 2.52. The van der Waals surface area contributed by atoms with Crippen LogP contribution >= 0.6 is 0 Å². The monoisotopic (exact) mass is 390 g/mol. The Bertz CT molecular complexity index is 829. The molecule has 0 aliphatic carbocycles. The fraction of sp³-hybridized carbons (Fsp3) is 0.286. The molecule has 0 bridgehead atoms. The molecule has 1 N–H and O–H groups in total. The largest absolute Gasteiger partial charge is 0.500 e. The summed E-state index contributed by atoms with van der Waals surface area (Å²) < 4.78 is 34.9. The third-order valence-electron chi connectivity index (χ3n) is 3.98. The van der Waals surface area contributed by atoms with Crippen LogP contribution < -0.4 is 9.47 Å². The summed E-state index contributed by atoms with van der Waals surface area (Å²) >= 11 is 0. The van der Waals surface area contributed by atoms with Crippen LogP contribution in [0.1, 0.15) is 18.1 Å². The van der Waals surface area contributed by atoms with Gasteiger partial charge in [0.2, 0.25) is 0 Å². The Labute approximate surface area is 163 Å². The molecule has 6 nitrogen and oxygen atoms in total. The second-order valence-electron chi connectivity index (χ2n) is 5.84. The van der Waals surface area contributed by atoms with Gasteiger partial charge in [0.15, 0.2) is 0 Å². The van der Waals surface area contributed by atoms with Crippen molar-refractivity contribution in [2.75, 3.05) is 27.4 Å². The molecule has 2 rings (SSSR count). The Morgan fingerprint density at radius 3 is 2.21 bits per heavy atom. The molecule has 28 heavy (non-hydrogen) atoms. The third kappa shape index (κ3) is 5.72. The molecule has 150 valence electrons. The van der Waals surface area contributed by atoms with Crippen molar-refractivity contribution in [3.8, 4) is 11.5 Å². The molecular weight excluding hydrogens is 367 g/mol. The first-order valence-electron chi connectivity index (χ1n) is 8.57. The lowest BCUT2D eigenvalue weighted by Gasteiger charge is -2.14. The topological polar surface area (TPSA) is 74.2 Å². The molecule has 0 aliphatic rings. The molecule has 0 heterocycles. The number of carboxylic acids is 1. The van der Waals surface area contributed by atoms with Crippen LogP contribution in [0.25, 0.3) is 5.57 Å². The summed E-state index contributed by atoms with van der Waals surface area (Å²) in [5.41, 5.74) is 0.699. The van der Waals surface area contributed by atoms with Gasteiger partial charge in [-0.2, -0.15) is 0 Å². The molecule has 0 aromatic heterocycles. The van der Waals surface area contributed by atoms with Gasteiger partial charge in [-0.1, -0.05) is 6.07 Å². The second kappa shape index (κ2) is 10.3. The average Bonchev–Trinajstić information content (AvgIpc) is 2.68. The molecule has 0 unspecified atom stereocenters. The van der Waals surface area contributed by atoms with Crippen LogP contribution in [0.4, 0.5) is 4.39 Å². The van der Waals surface area contributed by atoms with E-state index in [1.54, 1.807) is 38.3 Å². The first kappa shape index (κ1) is 21.2. The molecule has 0 radical (unpaired) electrons. The van der Waals surface area contributed by atoms with E-state index in [2.05, 4.69) is 0 Å². The van der Waals surface area contributed by atoms with Crippen molar-refractivity contribution in [3.05, 3.63) is 65.2 Å². The van der Waals surface area contributed by atoms with Crippen LogP contribution in [0.15, 0.2) is 48.2 Å². The molecule has 0 saturated carbocycles. The van der Waals surface area contributed by atoms with Crippen LogP contribution in [-0.2, 0) is 20.9 Å². The SMILES string of the molecule is COCCOc1ccc(OCc2cc(F)ccc2C(C(=O)O)=C(C)OC)cc1. The van der Waals surface area contributed by atoms with E-state index < -0.39 is 11.8 Å². The van der Waals surface area contributed by atoms with Gasteiger partial charge in [-0.25, -0.2) is 9.18 Å². The number of benzene rings is 2. The van der Waals surface area contributed by atoms with Crippen molar-refractivity contribution in [3.63, 3.8) is 0 Å². The Hall–Kier alpha value is -3.06. The Morgan fingerprint density at radius 2 is 1.64 bits per heavy atom. The summed E-state index contributed by atoms with van der Waals surface area (Å²) in [5, 5.41) is 9.53. The first-order valence-corrected chi connectivity index (χ1v) is 8.57. The van der Waals surface area contributed by atoms with E-state index in [0.717, 1.165) is 0 Å². The van der Waals surface area contributed by atoms with E-state index in [4.69, 9.17) is 18.9 Å². The number of hydrogen-bond donors (Lipinski definition) is 1. The minimum Gasteiger partial charge on any atom is -0.500 e. The molecule has 0 aliphatic heterocycles. The van der Waals surface area contributed by atoms with Gasteiger partial charge in [0.05, 0.1) is 13.7 Å². The van der Waals surface area contributed by atoms with Crippen molar-refractivity contribution in [2.45, 2.75) is 13.5 Å². The van der Waals surface area contributed by atoms with Gasteiger partial charge in [0.25, 0.3) is 0 Å². The zero-order valence-corrected chi connectivity index (χ0v) is 16.0. The van der Waals surface area contributed by atoms with Crippen molar-refractivity contribution in [2.24, 2.45) is 0 Å². The van der Waals surface area contributed by atoms with Crippen LogP contribution in [0, 0.1) is 5.82 Å². The summed E-state index contributed by atoms with van der Waals surface area (Å²) in [5.74, 6) is -0.215. The highest BCUT2D eigenvalue weighted by Crippen LogP contribution is 2.26. The highest BCUT2D eigenvalue weighted by Gasteiger charge is 2.19. The molecule has 0 amide bonds. The number of carboxylic acid groups (broad SMARTS) is 1. The van der Waals surface area contributed by atoms with Crippen molar-refractivity contribution in [1.82, 2.24) is 0 Å². The van der Waals surface area contributed by atoms with Crippen molar-refractivity contribution < 1.29 is 33.2 Å². The zero-order valence-electron chi connectivity index (χ0n) is 16.0. The Morgan fingerprint density at radius 1 is 1.00 bits per heavy atom. The van der Waals surface area contributed by atoms with E-state index in [9.17, 15) is 14.3 Å². The number of carbonyl (C=O) groups is 1. The lowest BCUT2D eigenvalue weighted by molar-refractivity contribution is -0.130. The number of methoxy groups -OCH3 is 2. The molecular formula is C21H23FO6. The number of aliphatic carboxylic acids is 1. The summed E-state index contributed by atoms with van der Waals surface area (Å²) in [7, 11) is 2.98. The minimum atomic E-state index is -1.16. The maximum absolute atomic E-state index is 13.7. The molecule has 0 saturated heterocycles. The molecule has 0 spiro atoms. The van der Waals surface area contributed by atoms with Crippen molar-refractivity contribution >= 4 is 11.5 Å². The van der Waals surface area contributed by atoms with E-state index >= 15 is 0 Å². The summed E-state index contributed by atoms with van der Waals surface area (Å²) in [6.45, 7) is 2.46. The molecule has 0 atom stereocenters. The van der Waals surface area contributed by atoms with Gasteiger partial charge in [-0.15, -0.1) is 0 Å². The lowest BCUT2D eigenvalue weighted by atomic mass is 9.99. The Kier molecular flexibility index (Phi) is 7.83. The predicted molar refractivity (Wildman–Crippen MR) is 102 cm³/mol. The van der Waals surface area contributed by atoms with Crippen LogP contribution in [-0.4, -0.2) is 38.5 Å². The zero-order chi connectivity index (χ0) is 20.5. The lowest BCUT2D eigenvalue weighted by Crippen LogP contribution is -2.09. The summed E-state index contributed by atoms with van der Waals surface area (Å²) in [6, 6.07) is 10.8. The predicted octanol–water partition coefficient (Wildman–Crippen LogP) is 3.89. The van der Waals surface area contributed by atoms with Crippen LogP contribution in [0.5, 0.6) is 11.5 Å². The van der Waals surface area contributed by atoms with Crippen LogP contribution in [0.3, 0.4) is 0 Å². The standard InChI is InChI=1S/C21H23FO6/c1-14(26-3)20(21(23)24)19-9-4-16(22)12-15(19)13-28-18-7-5-17(6-8-18)27-11-10-25-2/h4-9,12H,10-11,13H2,1-3H3,(H,23,24). The molecule has 0 fully saturated rings. The van der Waals surface area contributed by atoms with E-state index in [1.807, 2.05) is 0 Å². The van der Waals surface area contributed by atoms with Gasteiger partial charge in [-0.05, 0) is 48.9 Å². The number of hydrogen-bond acceptors (Lipinski definition) is 5. The highest BCUT2D eigenvalue weighted by atomic mass is 19.1. The van der Waals surface area contributed by atoms with E-state index in [0.29, 0.717) is 35.8 Å². The number of halogens is 1. The van der Waals surface area contributed by atoms with Gasteiger partial charge >= 0.3 is 5.97 Å². The maximum Gasteiger partial charge on any atom is 0.339 e. The minimum absolute atomic E-state index is 0.00918. The smallest absolute Gasteiger partial charge is 0.339 e. The number of rotatable bonds is 10. The third-order valence-corrected chi connectivity index (χ3v) is 3.98.